The highest BCUT2D eigenvalue weighted by Crippen LogP contribution is 2.22. The number of amides is 3. The SMILES string of the molecule is Cc1cc(NC(=O)NCCN2CCC(N(C)C(=O)Cc3ccc(Cl)cc3)C2)c2ccccc2n1. The van der Waals surface area contributed by atoms with Crippen LogP contribution in [0, 0.1) is 6.92 Å². The van der Waals surface area contributed by atoms with E-state index in [0.29, 0.717) is 18.0 Å². The quantitative estimate of drug-likeness (QED) is 0.535. The van der Waals surface area contributed by atoms with E-state index in [1.54, 1.807) is 0 Å². The Labute approximate surface area is 205 Å². The zero-order chi connectivity index (χ0) is 24.1. The van der Waals surface area contributed by atoms with Crippen molar-refractivity contribution in [1.82, 2.24) is 20.1 Å². The molecule has 1 saturated heterocycles. The molecule has 0 aliphatic carbocycles. The van der Waals surface area contributed by atoms with E-state index in [1.165, 1.54) is 0 Å². The number of aromatic nitrogens is 1. The number of benzene rings is 2. The molecule has 1 aliphatic rings. The Morgan fingerprint density at radius 3 is 2.74 bits per heavy atom. The molecular formula is C26H30ClN5O2. The maximum atomic E-state index is 12.7. The number of rotatable bonds is 7. The van der Waals surface area contributed by atoms with Crippen LogP contribution in [0.15, 0.2) is 54.6 Å². The highest BCUT2D eigenvalue weighted by Gasteiger charge is 2.28. The van der Waals surface area contributed by atoms with Gasteiger partial charge in [0, 0.05) is 55.4 Å². The van der Waals surface area contributed by atoms with Crippen LogP contribution in [0.5, 0.6) is 0 Å². The van der Waals surface area contributed by atoms with Gasteiger partial charge in [-0.3, -0.25) is 14.7 Å². The second-order valence-corrected chi connectivity index (χ2v) is 9.20. The van der Waals surface area contributed by atoms with Gasteiger partial charge in [-0.05, 0) is 43.2 Å². The van der Waals surface area contributed by atoms with Gasteiger partial charge in [0.15, 0.2) is 0 Å². The Morgan fingerprint density at radius 2 is 1.94 bits per heavy atom. The molecule has 0 bridgehead atoms. The van der Waals surface area contributed by atoms with Gasteiger partial charge in [-0.25, -0.2) is 4.79 Å². The number of carbonyl (C=O) groups excluding carboxylic acids is 2. The highest BCUT2D eigenvalue weighted by molar-refractivity contribution is 6.30. The maximum Gasteiger partial charge on any atom is 0.319 e. The van der Waals surface area contributed by atoms with E-state index in [2.05, 4.69) is 20.5 Å². The molecule has 3 amide bonds. The third kappa shape index (κ3) is 6.04. The number of pyridine rings is 1. The minimum Gasteiger partial charge on any atom is -0.341 e. The molecule has 178 valence electrons. The zero-order valence-corrected chi connectivity index (χ0v) is 20.3. The van der Waals surface area contributed by atoms with Crippen LogP contribution >= 0.6 is 11.6 Å². The van der Waals surface area contributed by atoms with Gasteiger partial charge in [0.2, 0.25) is 5.91 Å². The monoisotopic (exact) mass is 479 g/mol. The van der Waals surface area contributed by atoms with Crippen LogP contribution in [0.4, 0.5) is 10.5 Å². The Morgan fingerprint density at radius 1 is 1.18 bits per heavy atom. The molecule has 7 nitrogen and oxygen atoms in total. The summed E-state index contributed by atoms with van der Waals surface area (Å²) in [6.45, 7) is 4.89. The third-order valence-electron chi connectivity index (χ3n) is 6.26. The van der Waals surface area contributed by atoms with E-state index in [9.17, 15) is 9.59 Å². The number of carbonyl (C=O) groups is 2. The number of hydrogen-bond donors (Lipinski definition) is 2. The van der Waals surface area contributed by atoms with Crippen LogP contribution in [0.1, 0.15) is 17.7 Å². The first-order valence-electron chi connectivity index (χ1n) is 11.5. The van der Waals surface area contributed by atoms with Crippen molar-refractivity contribution in [2.45, 2.75) is 25.8 Å². The van der Waals surface area contributed by atoms with Crippen LogP contribution < -0.4 is 10.6 Å². The number of nitrogens with one attached hydrogen (secondary N) is 2. The number of urea groups is 1. The average molecular weight is 480 g/mol. The molecule has 1 aliphatic heterocycles. The Kier molecular flexibility index (Phi) is 7.65. The summed E-state index contributed by atoms with van der Waals surface area (Å²) in [5.41, 5.74) is 3.42. The zero-order valence-electron chi connectivity index (χ0n) is 19.6. The number of hydrogen-bond acceptors (Lipinski definition) is 4. The van der Waals surface area contributed by atoms with Gasteiger partial charge in [0.25, 0.3) is 0 Å². The summed E-state index contributed by atoms with van der Waals surface area (Å²) in [7, 11) is 1.87. The van der Waals surface area contributed by atoms with Crippen LogP contribution in [-0.2, 0) is 11.2 Å². The summed E-state index contributed by atoms with van der Waals surface area (Å²) in [4.78, 5) is 33.8. The van der Waals surface area contributed by atoms with Crippen LogP contribution in [0.3, 0.4) is 0 Å². The number of aryl methyl sites for hydroxylation is 1. The molecule has 1 atom stereocenters. The molecular weight excluding hydrogens is 450 g/mol. The minimum absolute atomic E-state index is 0.103. The lowest BCUT2D eigenvalue weighted by Crippen LogP contribution is -2.41. The van der Waals surface area contributed by atoms with Crippen molar-refractivity contribution >= 4 is 40.1 Å². The molecule has 1 fully saturated rings. The molecule has 8 heteroatoms. The van der Waals surface area contributed by atoms with Gasteiger partial charge in [-0.2, -0.15) is 0 Å². The normalized spacial score (nSPS) is 15.9. The molecule has 3 aromatic rings. The van der Waals surface area contributed by atoms with Crippen LogP contribution in [0.25, 0.3) is 10.9 Å². The van der Waals surface area contributed by atoms with Gasteiger partial charge < -0.3 is 15.5 Å². The first kappa shape index (κ1) is 24.0. The maximum absolute atomic E-state index is 12.7. The molecule has 2 heterocycles. The van der Waals surface area contributed by atoms with E-state index in [0.717, 1.165) is 53.9 Å². The molecule has 34 heavy (non-hydrogen) atoms. The summed E-state index contributed by atoms with van der Waals surface area (Å²) in [5.74, 6) is 0.103. The predicted molar refractivity (Wildman–Crippen MR) is 136 cm³/mol. The smallest absolute Gasteiger partial charge is 0.319 e. The second kappa shape index (κ2) is 10.8. The van der Waals surface area contributed by atoms with Crippen molar-refractivity contribution in [1.29, 1.82) is 0 Å². The third-order valence-corrected chi connectivity index (χ3v) is 6.52. The van der Waals surface area contributed by atoms with E-state index < -0.39 is 0 Å². The van der Waals surface area contributed by atoms with Crippen LogP contribution in [0.2, 0.25) is 5.02 Å². The molecule has 0 radical (unpaired) electrons. The molecule has 1 aromatic heterocycles. The number of likely N-dealkylation sites (N-methyl/N-ethyl adjacent to an activating group) is 1. The number of para-hydroxylation sites is 1. The number of likely N-dealkylation sites (tertiary alicyclic amines) is 1. The molecule has 2 aromatic carbocycles. The Bertz CT molecular complexity index is 1170. The lowest BCUT2D eigenvalue weighted by Gasteiger charge is -2.25. The van der Waals surface area contributed by atoms with E-state index in [4.69, 9.17) is 11.6 Å². The lowest BCUT2D eigenvalue weighted by molar-refractivity contribution is -0.131. The fourth-order valence-electron chi connectivity index (χ4n) is 4.34. The second-order valence-electron chi connectivity index (χ2n) is 8.76. The predicted octanol–water partition coefficient (Wildman–Crippen LogP) is 4.09. The van der Waals surface area contributed by atoms with Crippen molar-refractivity contribution in [2.75, 3.05) is 38.5 Å². The summed E-state index contributed by atoms with van der Waals surface area (Å²) < 4.78 is 0. The fourth-order valence-corrected chi connectivity index (χ4v) is 4.47. The van der Waals surface area contributed by atoms with Gasteiger partial charge in [-0.1, -0.05) is 41.9 Å². The summed E-state index contributed by atoms with van der Waals surface area (Å²) in [5, 5.41) is 7.48. The van der Waals surface area contributed by atoms with Gasteiger partial charge in [0.1, 0.15) is 0 Å². The number of anilines is 1. The number of nitrogens with zero attached hydrogens (tertiary/aromatic N) is 3. The molecule has 0 saturated carbocycles. The first-order chi connectivity index (χ1) is 16.4. The van der Waals surface area contributed by atoms with Crippen molar-refractivity contribution in [3.05, 3.63) is 70.9 Å². The highest BCUT2D eigenvalue weighted by atomic mass is 35.5. The first-order valence-corrected chi connectivity index (χ1v) is 11.9. The topological polar surface area (TPSA) is 77.6 Å². The van der Waals surface area contributed by atoms with Crippen molar-refractivity contribution in [3.63, 3.8) is 0 Å². The molecule has 2 N–H and O–H groups in total. The number of fused-ring (bicyclic) bond motifs is 1. The lowest BCUT2D eigenvalue weighted by atomic mass is 10.1. The Balaban J connectivity index is 1.22. The van der Waals surface area contributed by atoms with E-state index >= 15 is 0 Å². The minimum atomic E-state index is -0.234. The number of halogens is 1. The summed E-state index contributed by atoms with van der Waals surface area (Å²) >= 11 is 5.93. The average Bonchev–Trinajstić information content (AvgIpc) is 3.28. The van der Waals surface area contributed by atoms with Crippen LogP contribution in [-0.4, -0.2) is 66.0 Å². The van der Waals surface area contributed by atoms with Gasteiger partial charge in [0.05, 0.1) is 17.6 Å². The molecule has 0 spiro atoms. The van der Waals surface area contributed by atoms with Gasteiger partial charge in [-0.15, -0.1) is 0 Å². The van der Waals surface area contributed by atoms with Crippen molar-refractivity contribution in [2.24, 2.45) is 0 Å². The summed E-state index contributed by atoms with van der Waals surface area (Å²) in [6, 6.07) is 17.0. The standard InChI is InChI=1S/C26H30ClN5O2/c1-18-15-24(22-5-3-4-6-23(22)29-18)30-26(34)28-12-14-32-13-11-21(17-32)31(2)25(33)16-19-7-9-20(27)10-8-19/h3-10,15,21H,11-14,16-17H2,1-2H3,(H2,28,29,30,34). The van der Waals surface area contributed by atoms with E-state index in [-0.39, 0.29) is 18.0 Å². The Hall–Kier alpha value is -3.16. The molecule has 4 rings (SSSR count). The van der Waals surface area contributed by atoms with Crippen molar-refractivity contribution in [3.8, 4) is 0 Å². The summed E-state index contributed by atoms with van der Waals surface area (Å²) in [6.07, 6.45) is 1.30. The van der Waals surface area contributed by atoms with Gasteiger partial charge >= 0.3 is 6.03 Å². The largest absolute Gasteiger partial charge is 0.341 e. The molecule has 1 unspecified atom stereocenters. The fraction of sp³-hybridized carbons (Fsp3) is 0.346. The van der Waals surface area contributed by atoms with E-state index in [1.807, 2.05) is 73.5 Å². The van der Waals surface area contributed by atoms with Crippen molar-refractivity contribution < 1.29 is 9.59 Å².